The van der Waals surface area contributed by atoms with E-state index in [1.54, 1.807) is 0 Å². The third-order valence-electron chi connectivity index (χ3n) is 8.18. The Morgan fingerprint density at radius 1 is 0.426 bits per heavy atom. The molecule has 0 spiro atoms. The first-order valence-electron chi connectivity index (χ1n) is 15.1. The summed E-state index contributed by atoms with van der Waals surface area (Å²) < 4.78 is 31.6. The van der Waals surface area contributed by atoms with Gasteiger partial charge in [-0.1, -0.05) is 48.5 Å². The van der Waals surface area contributed by atoms with E-state index in [-0.39, 0.29) is 0 Å². The van der Waals surface area contributed by atoms with Gasteiger partial charge in [-0.15, -0.1) is 0 Å². The minimum Gasteiger partial charge on any atom is -0.457 e. The van der Waals surface area contributed by atoms with Crippen LogP contribution in [0.3, 0.4) is 0 Å². The lowest BCUT2D eigenvalue weighted by Gasteiger charge is -2.30. The molecule has 0 saturated heterocycles. The summed E-state index contributed by atoms with van der Waals surface area (Å²) in [5, 5.41) is 0. The van der Waals surface area contributed by atoms with Crippen LogP contribution in [0.4, 0.5) is 34.8 Å². The molecule has 0 atom stereocenters. The summed E-state index contributed by atoms with van der Waals surface area (Å²) in [6.45, 7) is 0. The number of para-hydroxylation sites is 8. The maximum atomic E-state index is 6.51. The molecule has 2 aromatic heterocycles. The molecule has 9 nitrogen and oxygen atoms in total. The Bertz CT molecular complexity index is 2260. The van der Waals surface area contributed by atoms with Gasteiger partial charge in [0.1, 0.15) is 22.5 Å². The third kappa shape index (κ3) is 4.10. The van der Waals surface area contributed by atoms with E-state index in [1.807, 2.05) is 143 Å². The molecule has 224 valence electrons. The number of ether oxygens (including phenoxy) is 3. The lowest BCUT2D eigenvalue weighted by molar-refractivity contribution is 0.457. The predicted octanol–water partition coefficient (Wildman–Crippen LogP) is 10.9. The van der Waals surface area contributed by atoms with Crippen molar-refractivity contribution in [3.8, 4) is 34.5 Å². The Morgan fingerprint density at radius 3 is 1.34 bits per heavy atom. The first-order chi connectivity index (χ1) is 23.2. The van der Waals surface area contributed by atoms with Crippen LogP contribution in [0, 0.1) is 0 Å². The van der Waals surface area contributed by atoms with E-state index in [0.29, 0.717) is 57.7 Å². The Kier molecular flexibility index (Phi) is 5.38. The highest BCUT2D eigenvalue weighted by Crippen LogP contribution is 2.53. The second-order valence-electron chi connectivity index (χ2n) is 11.1. The van der Waals surface area contributed by atoms with Gasteiger partial charge in [0, 0.05) is 12.1 Å². The molecule has 47 heavy (non-hydrogen) atoms. The molecule has 0 bridgehead atoms. The fourth-order valence-electron chi connectivity index (χ4n) is 6.06. The Balaban J connectivity index is 1.05. The van der Waals surface area contributed by atoms with E-state index >= 15 is 0 Å². The molecule has 0 aliphatic carbocycles. The van der Waals surface area contributed by atoms with Crippen LogP contribution in [-0.2, 0) is 0 Å². The number of hydrogen-bond donors (Lipinski definition) is 0. The Hall–Kier alpha value is -6.74. The van der Waals surface area contributed by atoms with E-state index in [4.69, 9.17) is 33.0 Å². The monoisotopic (exact) mass is 614 g/mol. The topological polar surface area (TPSA) is 86.2 Å². The number of fused-ring (bicyclic) bond motifs is 6. The molecular weight excluding hydrogens is 592 g/mol. The average Bonchev–Trinajstić information content (AvgIpc) is 3.74. The van der Waals surface area contributed by atoms with Gasteiger partial charge in [0.15, 0.2) is 34.2 Å². The van der Waals surface area contributed by atoms with E-state index in [9.17, 15) is 0 Å². The quantitative estimate of drug-likeness (QED) is 0.192. The van der Waals surface area contributed by atoms with Crippen LogP contribution in [0.1, 0.15) is 0 Å². The van der Waals surface area contributed by atoms with Crippen LogP contribution in [0.15, 0.2) is 142 Å². The van der Waals surface area contributed by atoms with Crippen molar-refractivity contribution in [1.82, 2.24) is 9.97 Å². The Morgan fingerprint density at radius 2 is 0.851 bits per heavy atom. The summed E-state index contributed by atoms with van der Waals surface area (Å²) in [5.41, 5.74) is 6.00. The fraction of sp³-hybridized carbons (Fsp3) is 0. The molecule has 10 rings (SSSR count). The third-order valence-corrected chi connectivity index (χ3v) is 8.18. The summed E-state index contributed by atoms with van der Waals surface area (Å²) >= 11 is 0. The van der Waals surface area contributed by atoms with Crippen LogP contribution < -0.4 is 24.0 Å². The molecule has 0 saturated carbocycles. The van der Waals surface area contributed by atoms with Gasteiger partial charge in [0.25, 0.3) is 0 Å². The number of nitrogens with zero attached hydrogens (tertiary/aromatic N) is 4. The molecule has 0 unspecified atom stereocenters. The summed E-state index contributed by atoms with van der Waals surface area (Å²) in [7, 11) is 0. The number of anilines is 6. The molecule has 6 aromatic carbocycles. The minimum absolute atomic E-state index is 0.430. The molecule has 0 fully saturated rings. The van der Waals surface area contributed by atoms with Gasteiger partial charge in [0.05, 0.1) is 22.7 Å². The van der Waals surface area contributed by atoms with E-state index in [1.165, 1.54) is 0 Å². The van der Waals surface area contributed by atoms with Crippen LogP contribution in [0.5, 0.6) is 34.5 Å². The standard InChI is InChI=1S/C38H22N4O5/c1-5-13-31-25(9-1)39-37(46-31)41-27-11-3-7-15-33(27)44-35-19-17-23(21-29(35)41)43-24-18-20-36-30(22-24)42(28-12-4-8-16-34(28)45-36)38-40-26-10-2-6-14-32(26)47-38/h1-22H. The molecule has 4 heterocycles. The summed E-state index contributed by atoms with van der Waals surface area (Å²) in [6.07, 6.45) is 0. The normalized spacial score (nSPS) is 12.9. The highest BCUT2D eigenvalue weighted by atomic mass is 16.5. The maximum Gasteiger partial charge on any atom is 0.308 e. The van der Waals surface area contributed by atoms with Crippen LogP contribution >= 0.6 is 0 Å². The van der Waals surface area contributed by atoms with Crippen molar-refractivity contribution in [2.24, 2.45) is 0 Å². The molecule has 2 aliphatic heterocycles. The molecule has 0 N–H and O–H groups in total. The van der Waals surface area contributed by atoms with Gasteiger partial charge in [0.2, 0.25) is 0 Å². The van der Waals surface area contributed by atoms with Crippen molar-refractivity contribution < 1.29 is 23.0 Å². The second kappa shape index (κ2) is 9.88. The zero-order valence-electron chi connectivity index (χ0n) is 24.5. The minimum atomic E-state index is 0.430. The van der Waals surface area contributed by atoms with E-state index in [2.05, 4.69) is 0 Å². The van der Waals surface area contributed by atoms with Crippen LogP contribution in [0.25, 0.3) is 22.2 Å². The number of benzene rings is 6. The van der Waals surface area contributed by atoms with Crippen molar-refractivity contribution in [2.75, 3.05) is 9.80 Å². The van der Waals surface area contributed by atoms with Gasteiger partial charge in [-0.3, -0.25) is 9.80 Å². The van der Waals surface area contributed by atoms with Crippen molar-refractivity contribution in [2.45, 2.75) is 0 Å². The smallest absolute Gasteiger partial charge is 0.308 e. The molecule has 8 aromatic rings. The molecule has 9 heteroatoms. The average molecular weight is 615 g/mol. The van der Waals surface area contributed by atoms with Gasteiger partial charge in [-0.2, -0.15) is 9.97 Å². The number of oxazole rings is 2. The molecule has 0 amide bonds. The number of hydrogen-bond acceptors (Lipinski definition) is 9. The first kappa shape index (κ1) is 25.6. The summed E-state index contributed by atoms with van der Waals surface area (Å²) in [4.78, 5) is 13.5. The molecule has 0 radical (unpaired) electrons. The second-order valence-corrected chi connectivity index (χ2v) is 11.1. The van der Waals surface area contributed by atoms with Crippen molar-refractivity contribution in [3.05, 3.63) is 133 Å². The van der Waals surface area contributed by atoms with Crippen molar-refractivity contribution in [1.29, 1.82) is 0 Å². The fourth-order valence-corrected chi connectivity index (χ4v) is 6.06. The SMILES string of the molecule is c1ccc2c(c1)Oc1ccc(Oc3ccc4c(c3)N(c3nc5ccccc5o3)c3ccccc3O4)cc1N2c1nc2ccccc2o1. The lowest BCUT2D eigenvalue weighted by atomic mass is 10.1. The van der Waals surface area contributed by atoms with Crippen LogP contribution in [0.2, 0.25) is 0 Å². The van der Waals surface area contributed by atoms with Gasteiger partial charge < -0.3 is 23.0 Å². The number of aromatic nitrogens is 2. The molecular formula is C38H22N4O5. The maximum absolute atomic E-state index is 6.51. The summed E-state index contributed by atoms with van der Waals surface area (Å²) in [5.74, 6) is 3.89. The first-order valence-corrected chi connectivity index (χ1v) is 15.1. The van der Waals surface area contributed by atoms with E-state index < -0.39 is 0 Å². The van der Waals surface area contributed by atoms with E-state index in [0.717, 1.165) is 33.8 Å². The molecule has 2 aliphatic rings. The van der Waals surface area contributed by atoms with Crippen molar-refractivity contribution in [3.63, 3.8) is 0 Å². The summed E-state index contributed by atoms with van der Waals surface area (Å²) in [6, 6.07) is 43.2. The largest absolute Gasteiger partial charge is 0.457 e. The predicted molar refractivity (Wildman–Crippen MR) is 178 cm³/mol. The number of rotatable bonds is 4. The van der Waals surface area contributed by atoms with Crippen LogP contribution in [-0.4, -0.2) is 9.97 Å². The highest BCUT2D eigenvalue weighted by Gasteiger charge is 2.31. The Labute approximate surface area is 267 Å². The van der Waals surface area contributed by atoms with Gasteiger partial charge >= 0.3 is 12.0 Å². The highest BCUT2D eigenvalue weighted by molar-refractivity contribution is 5.88. The van der Waals surface area contributed by atoms with Crippen molar-refractivity contribution >= 4 is 57.0 Å². The zero-order valence-corrected chi connectivity index (χ0v) is 24.5. The van der Waals surface area contributed by atoms with Gasteiger partial charge in [-0.05, 0) is 72.8 Å². The van der Waals surface area contributed by atoms with Gasteiger partial charge in [-0.25, -0.2) is 0 Å². The zero-order chi connectivity index (χ0) is 30.9. The lowest BCUT2D eigenvalue weighted by Crippen LogP contribution is -2.16.